The van der Waals surface area contributed by atoms with Crippen LogP contribution < -0.4 is 15.5 Å². The Bertz CT molecular complexity index is 1220. The number of nitrogens with zero attached hydrogens (tertiary/aromatic N) is 4. The van der Waals surface area contributed by atoms with Gasteiger partial charge in [-0.2, -0.15) is 4.31 Å². The highest BCUT2D eigenvalue weighted by atomic mass is 32.2. The zero-order valence-electron chi connectivity index (χ0n) is 22.9. The molecule has 2 N–H and O–H groups in total. The Morgan fingerprint density at radius 1 is 1.18 bits per heavy atom. The number of benzene rings is 1. The minimum absolute atomic E-state index is 0.203. The average Bonchev–Trinajstić information content (AvgIpc) is 2.90. The Kier molecular flexibility index (Phi) is 9.22. The number of amides is 2. The lowest BCUT2D eigenvalue weighted by Crippen LogP contribution is -2.47. The fourth-order valence-corrected chi connectivity index (χ4v) is 5.68. The van der Waals surface area contributed by atoms with E-state index in [2.05, 4.69) is 36.3 Å². The number of morpholine rings is 1. The van der Waals surface area contributed by atoms with Crippen LogP contribution in [0, 0.1) is 5.92 Å². The van der Waals surface area contributed by atoms with Crippen molar-refractivity contribution in [3.8, 4) is 11.4 Å². The molecule has 2 amide bonds. The largest absolute Gasteiger partial charge is 0.377 e. The van der Waals surface area contributed by atoms with E-state index in [0.717, 1.165) is 48.4 Å². The highest BCUT2D eigenvalue weighted by Crippen LogP contribution is 2.32. The smallest absolute Gasteiger partial charge is 0.319 e. The minimum Gasteiger partial charge on any atom is -0.377 e. The van der Waals surface area contributed by atoms with Crippen molar-refractivity contribution in [2.45, 2.75) is 59.0 Å². The number of hydrogen-bond acceptors (Lipinski definition) is 7. The molecule has 0 spiro atoms. The van der Waals surface area contributed by atoms with Crippen LogP contribution >= 0.6 is 0 Å². The monoisotopic (exact) mass is 544 g/mol. The highest BCUT2D eigenvalue weighted by Gasteiger charge is 2.32. The molecule has 1 fully saturated rings. The molecule has 4 rings (SSSR count). The first-order valence-electron chi connectivity index (χ1n) is 13.5. The number of anilines is 2. The van der Waals surface area contributed by atoms with Crippen molar-refractivity contribution in [2.24, 2.45) is 5.92 Å². The second-order valence-corrected chi connectivity index (χ2v) is 12.4. The van der Waals surface area contributed by atoms with Gasteiger partial charge in [0.1, 0.15) is 5.82 Å². The molecule has 11 heteroatoms. The number of nitrogens with one attached hydrogen (secondary N) is 2. The predicted molar refractivity (Wildman–Crippen MR) is 150 cm³/mol. The van der Waals surface area contributed by atoms with Gasteiger partial charge in [0.25, 0.3) is 0 Å². The van der Waals surface area contributed by atoms with Gasteiger partial charge in [-0.05, 0) is 55.9 Å². The number of sulfonamides is 1. The Labute approximate surface area is 226 Å². The van der Waals surface area contributed by atoms with Crippen LogP contribution in [-0.2, 0) is 27.7 Å². The molecule has 38 heavy (non-hydrogen) atoms. The molecule has 2 aliphatic heterocycles. The molecule has 0 aliphatic carbocycles. The van der Waals surface area contributed by atoms with Crippen LogP contribution in [0.15, 0.2) is 24.3 Å². The first-order valence-corrected chi connectivity index (χ1v) is 15.3. The van der Waals surface area contributed by atoms with E-state index in [0.29, 0.717) is 50.2 Å². The lowest BCUT2D eigenvalue weighted by molar-refractivity contribution is 0.0924. The molecule has 0 bridgehead atoms. The van der Waals surface area contributed by atoms with E-state index in [1.807, 2.05) is 24.3 Å². The summed E-state index contributed by atoms with van der Waals surface area (Å²) >= 11 is 0. The third kappa shape index (κ3) is 7.00. The normalized spacial score (nSPS) is 18.3. The number of urea groups is 1. The first kappa shape index (κ1) is 28.3. The lowest BCUT2D eigenvalue weighted by Gasteiger charge is -2.38. The van der Waals surface area contributed by atoms with E-state index < -0.39 is 10.0 Å². The number of carbonyl (C=O) groups is 1. The van der Waals surface area contributed by atoms with Gasteiger partial charge in [-0.15, -0.1) is 0 Å². The van der Waals surface area contributed by atoms with E-state index in [1.54, 1.807) is 0 Å². The molecular weight excluding hydrogens is 504 g/mol. The second kappa shape index (κ2) is 12.4. The minimum atomic E-state index is -3.34. The molecule has 1 atom stereocenters. The standard InChI is InChI=1S/C27H40N6O4S/c1-5-22-18-37-16-15-33(22)26-23-12-14-32(38(4,35)36)17-24(23)30-25(31-26)20-8-10-21(11-9-20)29-27(34)28-13-6-7-19(2)3/h8-11,19,22H,5-7,12-18H2,1-4H3,(H2,28,29,34). The summed E-state index contributed by atoms with van der Waals surface area (Å²) in [5.74, 6) is 2.03. The molecule has 1 saturated heterocycles. The van der Waals surface area contributed by atoms with Crippen LogP contribution in [0.1, 0.15) is 51.3 Å². The van der Waals surface area contributed by atoms with Crippen LogP contribution in [0.5, 0.6) is 0 Å². The van der Waals surface area contributed by atoms with Gasteiger partial charge in [-0.1, -0.05) is 20.8 Å². The number of fused-ring (bicyclic) bond motifs is 1. The average molecular weight is 545 g/mol. The predicted octanol–water partition coefficient (Wildman–Crippen LogP) is 3.63. The first-order chi connectivity index (χ1) is 18.2. The van der Waals surface area contributed by atoms with Crippen LogP contribution in [0.4, 0.5) is 16.3 Å². The van der Waals surface area contributed by atoms with Crippen LogP contribution in [0.25, 0.3) is 11.4 Å². The molecular formula is C27H40N6O4S. The highest BCUT2D eigenvalue weighted by molar-refractivity contribution is 7.88. The summed E-state index contributed by atoms with van der Waals surface area (Å²) in [4.78, 5) is 24.4. The van der Waals surface area contributed by atoms with Crippen LogP contribution in [0.3, 0.4) is 0 Å². The maximum Gasteiger partial charge on any atom is 0.319 e. The SMILES string of the molecule is CCC1COCCN1c1nc(-c2ccc(NC(=O)NCCCC(C)C)cc2)nc2c1CCN(S(C)(=O)=O)C2. The van der Waals surface area contributed by atoms with Crippen LogP contribution in [-0.4, -0.2) is 73.9 Å². The third-order valence-corrected chi connectivity index (χ3v) is 8.34. The van der Waals surface area contributed by atoms with Gasteiger partial charge in [-0.25, -0.2) is 23.2 Å². The van der Waals surface area contributed by atoms with Crippen LogP contribution in [0.2, 0.25) is 0 Å². The van der Waals surface area contributed by atoms with E-state index in [9.17, 15) is 13.2 Å². The quantitative estimate of drug-likeness (QED) is 0.463. The summed E-state index contributed by atoms with van der Waals surface area (Å²) < 4.78 is 31.8. The Morgan fingerprint density at radius 2 is 1.95 bits per heavy atom. The molecule has 2 aromatic rings. The molecule has 0 radical (unpaired) electrons. The maximum atomic E-state index is 12.3. The fourth-order valence-electron chi connectivity index (χ4n) is 4.90. The summed E-state index contributed by atoms with van der Waals surface area (Å²) in [6.07, 6.45) is 4.75. The van der Waals surface area contributed by atoms with Crippen molar-refractivity contribution in [2.75, 3.05) is 49.3 Å². The van der Waals surface area contributed by atoms with Crippen molar-refractivity contribution in [1.82, 2.24) is 19.6 Å². The molecule has 2 aliphatic rings. The van der Waals surface area contributed by atoms with Gasteiger partial charge in [0, 0.05) is 36.4 Å². The molecule has 1 aromatic carbocycles. The van der Waals surface area contributed by atoms with Gasteiger partial charge in [0.15, 0.2) is 5.82 Å². The summed E-state index contributed by atoms with van der Waals surface area (Å²) in [6.45, 7) is 9.75. The van der Waals surface area contributed by atoms with Crippen molar-refractivity contribution < 1.29 is 17.9 Å². The van der Waals surface area contributed by atoms with Crippen molar-refractivity contribution in [1.29, 1.82) is 0 Å². The van der Waals surface area contributed by atoms with E-state index >= 15 is 0 Å². The van der Waals surface area contributed by atoms with Gasteiger partial charge in [0.2, 0.25) is 10.0 Å². The number of aromatic nitrogens is 2. The van der Waals surface area contributed by atoms with Crippen molar-refractivity contribution in [3.05, 3.63) is 35.5 Å². The molecule has 10 nitrogen and oxygen atoms in total. The zero-order valence-corrected chi connectivity index (χ0v) is 23.7. The van der Waals surface area contributed by atoms with E-state index in [4.69, 9.17) is 14.7 Å². The topological polar surface area (TPSA) is 117 Å². The lowest BCUT2D eigenvalue weighted by atomic mass is 10.0. The van der Waals surface area contributed by atoms with Gasteiger partial charge in [-0.3, -0.25) is 0 Å². The number of ether oxygens (including phenoxy) is 1. The van der Waals surface area contributed by atoms with Crippen molar-refractivity contribution in [3.63, 3.8) is 0 Å². The van der Waals surface area contributed by atoms with Crippen molar-refractivity contribution >= 4 is 27.6 Å². The second-order valence-electron chi connectivity index (χ2n) is 10.5. The maximum absolute atomic E-state index is 12.3. The fraction of sp³-hybridized carbons (Fsp3) is 0.593. The molecule has 0 saturated carbocycles. The van der Waals surface area contributed by atoms with E-state index in [-0.39, 0.29) is 18.6 Å². The Balaban J connectivity index is 1.58. The molecule has 1 unspecified atom stereocenters. The molecule has 1 aromatic heterocycles. The molecule has 208 valence electrons. The number of carbonyl (C=O) groups excluding carboxylic acids is 1. The summed E-state index contributed by atoms with van der Waals surface area (Å²) in [5.41, 5.74) is 3.23. The Morgan fingerprint density at radius 3 is 2.63 bits per heavy atom. The van der Waals surface area contributed by atoms with Gasteiger partial charge >= 0.3 is 6.03 Å². The summed E-state index contributed by atoms with van der Waals surface area (Å²) in [5, 5.41) is 5.76. The number of rotatable bonds is 9. The van der Waals surface area contributed by atoms with E-state index in [1.165, 1.54) is 10.6 Å². The Hall–Kier alpha value is -2.76. The number of hydrogen-bond donors (Lipinski definition) is 2. The summed E-state index contributed by atoms with van der Waals surface area (Å²) in [7, 11) is -3.34. The third-order valence-electron chi connectivity index (χ3n) is 7.09. The molecule has 3 heterocycles. The van der Waals surface area contributed by atoms with Gasteiger partial charge < -0.3 is 20.3 Å². The zero-order chi connectivity index (χ0) is 27.3. The summed E-state index contributed by atoms with van der Waals surface area (Å²) in [6, 6.07) is 7.40. The van der Waals surface area contributed by atoms with Gasteiger partial charge in [0.05, 0.1) is 37.8 Å².